The van der Waals surface area contributed by atoms with E-state index in [1.165, 1.54) is 30.3 Å². The summed E-state index contributed by atoms with van der Waals surface area (Å²) in [6, 6.07) is 14.5. The van der Waals surface area contributed by atoms with Crippen molar-refractivity contribution < 1.29 is 21.3 Å². The molecule has 13 heteroatoms. The van der Waals surface area contributed by atoms with Gasteiger partial charge in [0.2, 0.25) is 5.09 Å². The number of anilines is 2. The normalized spacial score (nSPS) is 12.1. The molecule has 4 rings (SSSR count). The van der Waals surface area contributed by atoms with Crippen LogP contribution < -0.4 is 9.44 Å². The van der Waals surface area contributed by atoms with Crippen LogP contribution in [0, 0.1) is 0 Å². The highest BCUT2D eigenvalue weighted by Crippen LogP contribution is 2.32. The smallest absolute Gasteiger partial charge is 0.295 e. The Morgan fingerprint density at radius 1 is 0.781 bits per heavy atom. The van der Waals surface area contributed by atoms with Crippen LogP contribution in [0.2, 0.25) is 15.2 Å². The predicted octanol–water partition coefficient (Wildman–Crippen LogP) is 5.39. The monoisotopic (exact) mass is 531 g/mol. The molecule has 2 heterocycles. The predicted molar refractivity (Wildman–Crippen MR) is 124 cm³/mol. The fraction of sp³-hybridized carbons (Fsp3) is 0. The van der Waals surface area contributed by atoms with E-state index < -0.39 is 25.1 Å². The molecule has 0 radical (unpaired) electrons. The van der Waals surface area contributed by atoms with Crippen LogP contribution in [0.15, 0.2) is 75.2 Å². The molecule has 0 unspecified atom stereocenters. The lowest BCUT2D eigenvalue weighted by atomic mass is 10.3. The number of aromatic nitrogens is 1. The third-order valence-corrected chi connectivity index (χ3v) is 7.60. The third kappa shape index (κ3) is 4.64. The summed E-state index contributed by atoms with van der Waals surface area (Å²) in [6.45, 7) is 0. The highest BCUT2D eigenvalue weighted by molar-refractivity contribution is 7.93. The molecule has 0 aliphatic heterocycles. The number of para-hydroxylation sites is 1. The number of nitrogens with zero attached hydrogens (tertiary/aromatic N) is 1. The molecule has 32 heavy (non-hydrogen) atoms. The SMILES string of the molecule is O=S(=O)(Nc1ccc(Cl)cc1NS(=O)(=O)c1cc2ccccc2o1)c1ccc(Cl)c(Cl)n1. The molecule has 166 valence electrons. The average molecular weight is 533 g/mol. The molecule has 8 nitrogen and oxygen atoms in total. The molecule has 0 amide bonds. The maximum Gasteiger partial charge on any atom is 0.295 e. The van der Waals surface area contributed by atoms with Gasteiger partial charge in [-0.3, -0.25) is 9.44 Å². The van der Waals surface area contributed by atoms with Gasteiger partial charge in [-0.15, -0.1) is 0 Å². The van der Waals surface area contributed by atoms with Crippen molar-refractivity contribution in [1.29, 1.82) is 0 Å². The largest absolute Gasteiger partial charge is 0.443 e. The first-order chi connectivity index (χ1) is 15.0. The quantitative estimate of drug-likeness (QED) is 0.321. The minimum absolute atomic E-state index is 0.0800. The molecular formula is C19H12Cl3N3O5S2. The van der Waals surface area contributed by atoms with Crippen molar-refractivity contribution in [3.8, 4) is 0 Å². The van der Waals surface area contributed by atoms with E-state index in [2.05, 4.69) is 14.4 Å². The number of rotatable bonds is 6. The van der Waals surface area contributed by atoms with E-state index in [4.69, 9.17) is 39.2 Å². The number of sulfonamides is 2. The van der Waals surface area contributed by atoms with Crippen molar-refractivity contribution in [2.45, 2.75) is 10.1 Å². The number of hydrogen-bond donors (Lipinski definition) is 2. The van der Waals surface area contributed by atoms with Crippen molar-refractivity contribution >= 4 is 77.2 Å². The second-order valence-corrected chi connectivity index (χ2v) is 10.9. The Bertz CT molecular complexity index is 1520. The molecule has 0 aliphatic rings. The lowest BCUT2D eigenvalue weighted by Crippen LogP contribution is -2.18. The minimum Gasteiger partial charge on any atom is -0.443 e. The second-order valence-electron chi connectivity index (χ2n) is 6.43. The summed E-state index contributed by atoms with van der Waals surface area (Å²) in [6.07, 6.45) is 0. The number of benzene rings is 2. The minimum atomic E-state index is -4.23. The van der Waals surface area contributed by atoms with Crippen molar-refractivity contribution in [3.05, 3.63) is 75.9 Å². The van der Waals surface area contributed by atoms with Gasteiger partial charge in [0, 0.05) is 16.5 Å². The fourth-order valence-corrected chi connectivity index (χ4v) is 5.28. The number of hydrogen-bond acceptors (Lipinski definition) is 6. The first-order valence-corrected chi connectivity index (χ1v) is 12.8. The Morgan fingerprint density at radius 3 is 2.22 bits per heavy atom. The van der Waals surface area contributed by atoms with Gasteiger partial charge in [0.1, 0.15) is 10.7 Å². The molecule has 2 aromatic heterocycles. The lowest BCUT2D eigenvalue weighted by Gasteiger charge is -2.14. The average Bonchev–Trinajstić information content (AvgIpc) is 3.17. The number of fused-ring (bicyclic) bond motifs is 1. The van der Waals surface area contributed by atoms with Crippen LogP contribution in [-0.2, 0) is 20.0 Å². The first-order valence-electron chi connectivity index (χ1n) is 8.71. The molecule has 4 aromatic rings. The summed E-state index contributed by atoms with van der Waals surface area (Å²) >= 11 is 17.6. The van der Waals surface area contributed by atoms with Crippen molar-refractivity contribution in [2.75, 3.05) is 9.44 Å². The Labute approximate surface area is 198 Å². The highest BCUT2D eigenvalue weighted by atomic mass is 35.5. The molecule has 0 atom stereocenters. The molecule has 0 saturated heterocycles. The van der Waals surface area contributed by atoms with Gasteiger partial charge in [-0.25, -0.2) is 4.98 Å². The second kappa shape index (κ2) is 8.45. The van der Waals surface area contributed by atoms with E-state index in [1.54, 1.807) is 24.3 Å². The summed E-state index contributed by atoms with van der Waals surface area (Å²) in [5, 5.41) is -0.118. The van der Waals surface area contributed by atoms with Gasteiger partial charge < -0.3 is 4.42 Å². The number of pyridine rings is 1. The fourth-order valence-electron chi connectivity index (χ4n) is 2.72. The van der Waals surface area contributed by atoms with E-state index in [9.17, 15) is 16.8 Å². The molecule has 2 N–H and O–H groups in total. The van der Waals surface area contributed by atoms with E-state index in [1.807, 2.05) is 0 Å². The zero-order chi connectivity index (χ0) is 23.1. The molecule has 0 aliphatic carbocycles. The van der Waals surface area contributed by atoms with Gasteiger partial charge in [0.05, 0.1) is 16.4 Å². The Hall–Kier alpha value is -2.50. The molecule has 0 bridgehead atoms. The van der Waals surface area contributed by atoms with Crippen molar-refractivity contribution in [3.63, 3.8) is 0 Å². The molecular weight excluding hydrogens is 521 g/mol. The summed E-state index contributed by atoms with van der Waals surface area (Å²) in [5.41, 5.74) is 0.161. The molecule has 2 aromatic carbocycles. The van der Waals surface area contributed by atoms with Crippen molar-refractivity contribution in [2.24, 2.45) is 0 Å². The molecule has 0 saturated carbocycles. The first kappa shape index (κ1) is 22.7. The summed E-state index contributed by atoms with van der Waals surface area (Å²) in [5.74, 6) is 0. The van der Waals surface area contributed by atoms with Gasteiger partial charge in [0.25, 0.3) is 20.0 Å². The van der Waals surface area contributed by atoms with E-state index in [0.29, 0.717) is 11.0 Å². The summed E-state index contributed by atoms with van der Waals surface area (Å²) < 4.78 is 61.2. The highest BCUT2D eigenvalue weighted by Gasteiger charge is 2.24. The van der Waals surface area contributed by atoms with Gasteiger partial charge >= 0.3 is 0 Å². The lowest BCUT2D eigenvalue weighted by molar-refractivity contribution is 0.484. The van der Waals surface area contributed by atoms with Crippen molar-refractivity contribution in [1.82, 2.24) is 4.98 Å². The topological polar surface area (TPSA) is 118 Å². The Morgan fingerprint density at radius 2 is 1.50 bits per heavy atom. The number of nitrogens with one attached hydrogen (secondary N) is 2. The Kier molecular flexibility index (Phi) is 5.99. The van der Waals surface area contributed by atoms with E-state index in [0.717, 1.165) is 6.07 Å². The summed E-state index contributed by atoms with van der Waals surface area (Å²) in [4.78, 5) is 3.74. The van der Waals surface area contributed by atoms with Gasteiger partial charge in [-0.05, 0) is 36.4 Å². The third-order valence-electron chi connectivity index (χ3n) is 4.19. The molecule has 0 spiro atoms. The summed E-state index contributed by atoms with van der Waals surface area (Å²) in [7, 11) is -8.45. The number of halogens is 3. The van der Waals surface area contributed by atoms with Crippen LogP contribution in [0.5, 0.6) is 0 Å². The molecule has 0 fully saturated rings. The Balaban J connectivity index is 1.69. The van der Waals surface area contributed by atoms with Gasteiger partial charge in [-0.2, -0.15) is 16.8 Å². The van der Waals surface area contributed by atoms with Crippen LogP contribution in [0.4, 0.5) is 11.4 Å². The zero-order valence-electron chi connectivity index (χ0n) is 15.7. The standard InChI is InChI=1S/C19H12Cl3N3O5S2/c20-12-5-7-14(24-31(26,27)17-8-6-13(21)19(22)23-17)15(10-12)25-32(28,29)18-9-11-3-1-2-4-16(11)30-18/h1-10,24-25H. The van der Waals surface area contributed by atoms with Gasteiger partial charge in [-0.1, -0.05) is 53.0 Å². The van der Waals surface area contributed by atoms with E-state index >= 15 is 0 Å². The van der Waals surface area contributed by atoms with Crippen LogP contribution >= 0.6 is 34.8 Å². The van der Waals surface area contributed by atoms with Crippen LogP contribution in [0.1, 0.15) is 0 Å². The van der Waals surface area contributed by atoms with Gasteiger partial charge in [0.15, 0.2) is 5.03 Å². The maximum atomic E-state index is 12.9. The van der Waals surface area contributed by atoms with Crippen LogP contribution in [0.3, 0.4) is 0 Å². The van der Waals surface area contributed by atoms with Crippen LogP contribution in [-0.4, -0.2) is 21.8 Å². The zero-order valence-corrected chi connectivity index (χ0v) is 19.6. The maximum absolute atomic E-state index is 12.9. The number of furan rings is 1. The van der Waals surface area contributed by atoms with Crippen LogP contribution in [0.25, 0.3) is 11.0 Å². The van der Waals surface area contributed by atoms with E-state index in [-0.39, 0.29) is 31.7 Å².